The van der Waals surface area contributed by atoms with Gasteiger partial charge in [-0.05, 0) is 20.0 Å². The van der Waals surface area contributed by atoms with E-state index in [0.29, 0.717) is 11.5 Å². The highest BCUT2D eigenvalue weighted by atomic mass is 19.1. The number of benzene rings is 1. The Morgan fingerprint density at radius 1 is 1.11 bits per heavy atom. The van der Waals surface area contributed by atoms with Crippen LogP contribution in [0.3, 0.4) is 0 Å². The molecule has 3 N–H and O–H groups in total. The zero-order valence-electron chi connectivity index (χ0n) is 15.1. The van der Waals surface area contributed by atoms with Gasteiger partial charge in [0.2, 0.25) is 0 Å². The molecule has 1 fully saturated rings. The van der Waals surface area contributed by atoms with Gasteiger partial charge in [-0.2, -0.15) is 9.97 Å². The molecule has 27 heavy (non-hydrogen) atoms. The van der Waals surface area contributed by atoms with Crippen LogP contribution in [0.4, 0.5) is 20.4 Å². The zero-order valence-corrected chi connectivity index (χ0v) is 15.1. The van der Waals surface area contributed by atoms with E-state index in [0.717, 1.165) is 32.2 Å². The number of piperazine rings is 1. The average molecular weight is 374 g/mol. The molecule has 0 atom stereocenters. The number of nitrogens with zero attached hydrogens (tertiary/aromatic N) is 4. The highest BCUT2D eigenvalue weighted by molar-refractivity contribution is 5.83. The molecule has 0 aliphatic carbocycles. The number of hydrogen-bond acceptors (Lipinski definition) is 6. The first-order valence-corrected chi connectivity index (χ1v) is 8.64. The quantitative estimate of drug-likeness (QED) is 0.733. The zero-order chi connectivity index (χ0) is 19.1. The molecular formula is C18H20F2N6O. The fourth-order valence-corrected chi connectivity index (χ4v) is 3.18. The summed E-state index contributed by atoms with van der Waals surface area (Å²) >= 11 is 0. The monoisotopic (exact) mass is 374 g/mol. The molecule has 7 nitrogen and oxygen atoms in total. The van der Waals surface area contributed by atoms with E-state index in [1.807, 2.05) is 0 Å². The Kier molecular flexibility index (Phi) is 4.31. The summed E-state index contributed by atoms with van der Waals surface area (Å²) in [5, 5.41) is 0.116. The molecule has 9 heteroatoms. The molecule has 3 heterocycles. The number of nitrogens with two attached hydrogens (primary N) is 1. The molecule has 0 saturated carbocycles. The van der Waals surface area contributed by atoms with Crippen LogP contribution >= 0.6 is 0 Å². The molecule has 0 amide bonds. The van der Waals surface area contributed by atoms with Gasteiger partial charge in [0.05, 0.1) is 5.52 Å². The SMILES string of the molecule is Cc1cc2c(F)c(Oc3nc(N)cc(N4CCN(C)CC4)n3)cc(F)c2[nH]1. The number of likely N-dealkylation sites (N-methyl/N-ethyl adjacent to an activating group) is 1. The van der Waals surface area contributed by atoms with E-state index in [-0.39, 0.29) is 28.5 Å². The second-order valence-electron chi connectivity index (χ2n) is 6.74. The topological polar surface area (TPSA) is 83.3 Å². The maximum atomic E-state index is 14.7. The second kappa shape index (κ2) is 6.66. The largest absolute Gasteiger partial charge is 0.421 e. The Hall–Kier alpha value is -2.94. The van der Waals surface area contributed by atoms with Crippen LogP contribution in [0.5, 0.6) is 11.8 Å². The van der Waals surface area contributed by atoms with Gasteiger partial charge in [-0.1, -0.05) is 0 Å². The molecule has 0 bridgehead atoms. The summed E-state index contributed by atoms with van der Waals surface area (Å²) in [6.45, 7) is 5.07. The van der Waals surface area contributed by atoms with E-state index in [4.69, 9.17) is 10.5 Å². The number of aromatic nitrogens is 3. The Balaban J connectivity index is 1.67. The van der Waals surface area contributed by atoms with Crippen molar-refractivity contribution in [3.63, 3.8) is 0 Å². The standard InChI is InChI=1S/C18H20F2N6O/c1-10-7-11-16(20)13(8-12(19)17(11)22-10)27-18-23-14(21)9-15(24-18)26-5-3-25(2)4-6-26/h7-9,22H,3-6H2,1-2H3,(H2,21,23,24). The smallest absolute Gasteiger partial charge is 0.326 e. The first kappa shape index (κ1) is 17.5. The average Bonchev–Trinajstić information content (AvgIpc) is 3.02. The summed E-state index contributed by atoms with van der Waals surface area (Å²) in [5.41, 5.74) is 6.62. The number of fused-ring (bicyclic) bond motifs is 1. The minimum atomic E-state index is -0.678. The van der Waals surface area contributed by atoms with Crippen molar-refractivity contribution in [2.24, 2.45) is 0 Å². The molecule has 1 aliphatic heterocycles. The molecule has 142 valence electrons. The van der Waals surface area contributed by atoms with E-state index >= 15 is 0 Å². The first-order chi connectivity index (χ1) is 12.9. The highest BCUT2D eigenvalue weighted by Gasteiger charge is 2.20. The van der Waals surface area contributed by atoms with Gasteiger partial charge in [0, 0.05) is 49.4 Å². The van der Waals surface area contributed by atoms with E-state index in [1.165, 1.54) is 6.07 Å². The van der Waals surface area contributed by atoms with Crippen LogP contribution in [0.1, 0.15) is 5.69 Å². The number of nitrogens with one attached hydrogen (secondary N) is 1. The van der Waals surface area contributed by atoms with Crippen molar-refractivity contribution < 1.29 is 13.5 Å². The molecule has 1 saturated heterocycles. The lowest BCUT2D eigenvalue weighted by molar-refractivity contribution is 0.311. The molecule has 0 unspecified atom stereocenters. The summed E-state index contributed by atoms with van der Waals surface area (Å²) in [6, 6.07) is 4.04. The summed E-state index contributed by atoms with van der Waals surface area (Å²) < 4.78 is 34.5. The molecule has 2 aromatic heterocycles. The fourth-order valence-electron chi connectivity index (χ4n) is 3.18. The van der Waals surface area contributed by atoms with Crippen molar-refractivity contribution in [3.8, 4) is 11.8 Å². The van der Waals surface area contributed by atoms with Gasteiger partial charge >= 0.3 is 6.01 Å². The predicted molar refractivity (Wildman–Crippen MR) is 99.2 cm³/mol. The van der Waals surface area contributed by atoms with Gasteiger partial charge in [0.1, 0.15) is 11.6 Å². The molecule has 0 spiro atoms. The Morgan fingerprint density at radius 2 is 1.85 bits per heavy atom. The fraction of sp³-hybridized carbons (Fsp3) is 0.333. The van der Waals surface area contributed by atoms with Gasteiger partial charge in [0.15, 0.2) is 17.4 Å². The molecule has 1 aliphatic rings. The third-order valence-corrected chi connectivity index (χ3v) is 4.64. The molecule has 1 aromatic carbocycles. The van der Waals surface area contributed by atoms with Crippen molar-refractivity contribution in [2.75, 3.05) is 43.9 Å². The second-order valence-corrected chi connectivity index (χ2v) is 6.74. The Labute approximate surface area is 154 Å². The third-order valence-electron chi connectivity index (χ3n) is 4.64. The van der Waals surface area contributed by atoms with E-state index in [2.05, 4.69) is 31.8 Å². The summed E-state index contributed by atoms with van der Waals surface area (Å²) in [7, 11) is 2.05. The number of ether oxygens (including phenoxy) is 1. The predicted octanol–water partition coefficient (Wildman–Crippen LogP) is 2.67. The van der Waals surface area contributed by atoms with Gasteiger partial charge in [0.25, 0.3) is 0 Å². The number of aryl methyl sites for hydroxylation is 1. The summed E-state index contributed by atoms with van der Waals surface area (Å²) in [6.07, 6.45) is 0. The van der Waals surface area contributed by atoms with Crippen molar-refractivity contribution >= 4 is 22.5 Å². The minimum Gasteiger partial charge on any atom is -0.421 e. The highest BCUT2D eigenvalue weighted by Crippen LogP contribution is 2.32. The maximum Gasteiger partial charge on any atom is 0.326 e. The molecule has 0 radical (unpaired) electrons. The van der Waals surface area contributed by atoms with Gasteiger partial charge in [-0.3, -0.25) is 0 Å². The van der Waals surface area contributed by atoms with Crippen LogP contribution in [-0.2, 0) is 0 Å². The summed E-state index contributed by atoms with van der Waals surface area (Å²) in [4.78, 5) is 15.4. The summed E-state index contributed by atoms with van der Waals surface area (Å²) in [5.74, 6) is -0.770. The third kappa shape index (κ3) is 3.37. The van der Waals surface area contributed by atoms with E-state index in [9.17, 15) is 8.78 Å². The van der Waals surface area contributed by atoms with E-state index in [1.54, 1.807) is 13.0 Å². The Bertz CT molecular complexity index is 997. The van der Waals surface area contributed by atoms with Crippen molar-refractivity contribution in [2.45, 2.75) is 6.92 Å². The number of anilines is 2. The van der Waals surface area contributed by atoms with Crippen LogP contribution < -0.4 is 15.4 Å². The van der Waals surface area contributed by atoms with Crippen LogP contribution in [0.2, 0.25) is 0 Å². The molecule has 3 aromatic rings. The lowest BCUT2D eigenvalue weighted by Gasteiger charge is -2.33. The number of halogens is 2. The van der Waals surface area contributed by atoms with Gasteiger partial charge in [-0.25, -0.2) is 8.78 Å². The Morgan fingerprint density at radius 3 is 2.59 bits per heavy atom. The van der Waals surface area contributed by atoms with Gasteiger partial charge in [-0.15, -0.1) is 0 Å². The van der Waals surface area contributed by atoms with Crippen LogP contribution in [0.15, 0.2) is 18.2 Å². The first-order valence-electron chi connectivity index (χ1n) is 8.64. The van der Waals surface area contributed by atoms with Crippen molar-refractivity contribution in [3.05, 3.63) is 35.5 Å². The van der Waals surface area contributed by atoms with Crippen molar-refractivity contribution in [1.29, 1.82) is 0 Å². The molecular weight excluding hydrogens is 354 g/mol. The number of aromatic amines is 1. The van der Waals surface area contributed by atoms with Crippen LogP contribution in [-0.4, -0.2) is 53.1 Å². The van der Waals surface area contributed by atoms with E-state index < -0.39 is 11.6 Å². The minimum absolute atomic E-state index is 0.101. The number of rotatable bonds is 3. The number of nitrogen functional groups attached to an aromatic ring is 1. The normalized spacial score (nSPS) is 15.5. The molecule has 4 rings (SSSR count). The number of H-pyrrole nitrogens is 1. The van der Waals surface area contributed by atoms with Crippen LogP contribution in [0, 0.1) is 18.6 Å². The lowest BCUT2D eigenvalue weighted by atomic mass is 10.2. The number of hydrogen-bond donors (Lipinski definition) is 2. The maximum absolute atomic E-state index is 14.7. The lowest BCUT2D eigenvalue weighted by Crippen LogP contribution is -2.44. The van der Waals surface area contributed by atoms with Crippen molar-refractivity contribution in [1.82, 2.24) is 19.9 Å². The van der Waals surface area contributed by atoms with Gasteiger partial charge < -0.3 is 25.3 Å². The van der Waals surface area contributed by atoms with Crippen LogP contribution in [0.25, 0.3) is 10.9 Å².